The molecule has 1 aromatic carbocycles. The molecular weight excluding hydrogens is 380 g/mol. The average molecular weight is 415 g/mol. The lowest BCUT2D eigenvalue weighted by Crippen LogP contribution is -2.39. The van der Waals surface area contributed by atoms with Gasteiger partial charge in [-0.05, 0) is 74.7 Å². The summed E-state index contributed by atoms with van der Waals surface area (Å²) in [5, 5.41) is 15.4. The second kappa shape index (κ2) is 10.7. The fourth-order valence-corrected chi connectivity index (χ4v) is 4.06. The number of aliphatic imine (C=N–C) groups is 1. The van der Waals surface area contributed by atoms with E-state index in [-0.39, 0.29) is 6.04 Å². The maximum Gasteiger partial charge on any atom is 0.192 e. The second-order valence-corrected chi connectivity index (χ2v) is 8.75. The number of guanidine groups is 1. The Balaban J connectivity index is 1.69. The number of benzene rings is 1. The van der Waals surface area contributed by atoms with Gasteiger partial charge in [-0.15, -0.1) is 10.2 Å². The molecule has 0 fully saturated rings. The van der Waals surface area contributed by atoms with Gasteiger partial charge in [-0.3, -0.25) is 0 Å². The molecule has 1 aliphatic carbocycles. The van der Waals surface area contributed by atoms with Gasteiger partial charge in [-0.1, -0.05) is 18.2 Å². The van der Waals surface area contributed by atoms with Crippen LogP contribution in [0.2, 0.25) is 0 Å². The number of nitrogens with one attached hydrogen (secondary N) is 2. The molecular formula is C22H34N6S. The van der Waals surface area contributed by atoms with Crippen LogP contribution in [0.4, 0.5) is 0 Å². The molecule has 7 heteroatoms. The molecule has 0 bridgehead atoms. The minimum absolute atomic E-state index is 0.190. The Morgan fingerprint density at radius 2 is 2.03 bits per heavy atom. The summed E-state index contributed by atoms with van der Waals surface area (Å²) in [6.07, 6.45) is 8.30. The molecule has 1 atom stereocenters. The number of thioether (sulfide) groups is 1. The summed E-state index contributed by atoms with van der Waals surface area (Å²) in [7, 11) is 1.98. The van der Waals surface area contributed by atoms with E-state index in [2.05, 4.69) is 52.2 Å². The third-order valence-electron chi connectivity index (χ3n) is 5.60. The molecule has 0 aliphatic heterocycles. The Bertz CT molecular complexity index is 829. The first kappa shape index (κ1) is 21.7. The van der Waals surface area contributed by atoms with Gasteiger partial charge < -0.3 is 15.2 Å². The number of hydrogen-bond donors (Lipinski definition) is 2. The summed E-state index contributed by atoms with van der Waals surface area (Å²) in [5.41, 5.74) is 4.36. The van der Waals surface area contributed by atoms with E-state index in [1.54, 1.807) is 0 Å². The van der Waals surface area contributed by atoms with Gasteiger partial charge in [-0.25, -0.2) is 4.99 Å². The molecule has 2 aromatic rings. The molecule has 0 spiro atoms. The number of hydrogen-bond acceptors (Lipinski definition) is 4. The van der Waals surface area contributed by atoms with Crippen molar-refractivity contribution in [2.24, 2.45) is 12.0 Å². The van der Waals surface area contributed by atoms with Crippen LogP contribution in [0.25, 0.3) is 0 Å². The third-order valence-corrected chi connectivity index (χ3v) is 6.30. The summed E-state index contributed by atoms with van der Waals surface area (Å²) >= 11 is 1.87. The van der Waals surface area contributed by atoms with Gasteiger partial charge in [0.05, 0.1) is 6.04 Å². The summed E-state index contributed by atoms with van der Waals surface area (Å²) in [5.74, 6) is 3.74. The van der Waals surface area contributed by atoms with E-state index in [0.717, 1.165) is 36.3 Å². The van der Waals surface area contributed by atoms with E-state index in [9.17, 15) is 0 Å². The quantitative estimate of drug-likeness (QED) is 0.393. The predicted octanol–water partition coefficient (Wildman–Crippen LogP) is 3.55. The smallest absolute Gasteiger partial charge is 0.192 e. The first-order valence-corrected chi connectivity index (χ1v) is 12.0. The summed E-state index contributed by atoms with van der Waals surface area (Å²) in [6.45, 7) is 5.57. The van der Waals surface area contributed by atoms with Gasteiger partial charge in [0.1, 0.15) is 12.4 Å². The normalized spacial score (nSPS) is 15.1. The SMILES string of the molecule is CSCCCNC(=NCc1nnc(C)n1C)NC(C)c1ccc2c(c1)CCCC2. The third kappa shape index (κ3) is 5.98. The topological polar surface area (TPSA) is 67.1 Å². The number of nitrogens with zero attached hydrogens (tertiary/aromatic N) is 4. The van der Waals surface area contributed by atoms with Crippen molar-refractivity contribution < 1.29 is 0 Å². The van der Waals surface area contributed by atoms with Crippen molar-refractivity contribution in [1.82, 2.24) is 25.4 Å². The van der Waals surface area contributed by atoms with Gasteiger partial charge in [0, 0.05) is 13.6 Å². The molecule has 29 heavy (non-hydrogen) atoms. The zero-order chi connectivity index (χ0) is 20.6. The van der Waals surface area contributed by atoms with Crippen LogP contribution in [0, 0.1) is 6.92 Å². The lowest BCUT2D eigenvalue weighted by Gasteiger charge is -2.22. The monoisotopic (exact) mass is 414 g/mol. The minimum atomic E-state index is 0.190. The largest absolute Gasteiger partial charge is 0.356 e. The van der Waals surface area contributed by atoms with Crippen LogP contribution in [-0.4, -0.2) is 39.3 Å². The molecule has 3 rings (SSSR count). The summed E-state index contributed by atoms with van der Waals surface area (Å²) in [6, 6.07) is 7.14. The summed E-state index contributed by atoms with van der Waals surface area (Å²) < 4.78 is 1.99. The molecule has 0 amide bonds. The number of aromatic nitrogens is 3. The van der Waals surface area contributed by atoms with Crippen LogP contribution in [0.5, 0.6) is 0 Å². The molecule has 0 saturated carbocycles. The van der Waals surface area contributed by atoms with Crippen molar-refractivity contribution in [3.05, 3.63) is 46.5 Å². The van der Waals surface area contributed by atoms with E-state index in [1.165, 1.54) is 42.4 Å². The fraction of sp³-hybridized carbons (Fsp3) is 0.591. The number of aryl methyl sites for hydroxylation is 3. The second-order valence-electron chi connectivity index (χ2n) is 7.76. The molecule has 2 N–H and O–H groups in total. The van der Waals surface area contributed by atoms with Gasteiger partial charge in [0.25, 0.3) is 0 Å². The molecule has 1 aliphatic rings. The Morgan fingerprint density at radius 3 is 2.76 bits per heavy atom. The standard InChI is InChI=1S/C22H34N6S/c1-16(19-11-10-18-8-5-6-9-20(18)14-19)25-22(23-12-7-13-29-4)24-15-21-27-26-17(2)28(21)3/h10-11,14,16H,5-9,12-13,15H2,1-4H3,(H2,23,24,25). The lowest BCUT2D eigenvalue weighted by atomic mass is 9.89. The van der Waals surface area contributed by atoms with Crippen LogP contribution in [-0.2, 0) is 26.4 Å². The van der Waals surface area contributed by atoms with E-state index in [1.807, 2.05) is 30.3 Å². The van der Waals surface area contributed by atoms with Gasteiger partial charge in [0.15, 0.2) is 11.8 Å². The van der Waals surface area contributed by atoms with Crippen LogP contribution in [0.3, 0.4) is 0 Å². The highest BCUT2D eigenvalue weighted by atomic mass is 32.2. The van der Waals surface area contributed by atoms with Crippen LogP contribution < -0.4 is 10.6 Å². The van der Waals surface area contributed by atoms with E-state index in [4.69, 9.17) is 4.99 Å². The van der Waals surface area contributed by atoms with Gasteiger partial charge in [0.2, 0.25) is 0 Å². The number of fused-ring (bicyclic) bond motifs is 1. The van der Waals surface area contributed by atoms with Crippen molar-refractivity contribution in [3.8, 4) is 0 Å². The zero-order valence-corrected chi connectivity index (χ0v) is 19.0. The highest BCUT2D eigenvalue weighted by molar-refractivity contribution is 7.98. The maximum absolute atomic E-state index is 4.78. The van der Waals surface area contributed by atoms with Gasteiger partial charge in [-0.2, -0.15) is 11.8 Å². The Labute approximate surface area is 179 Å². The Morgan fingerprint density at radius 1 is 1.24 bits per heavy atom. The molecule has 1 aromatic heterocycles. The molecule has 1 heterocycles. The van der Waals surface area contributed by atoms with E-state index < -0.39 is 0 Å². The first-order valence-electron chi connectivity index (χ1n) is 10.6. The molecule has 0 saturated heterocycles. The lowest BCUT2D eigenvalue weighted by molar-refractivity contribution is 0.660. The maximum atomic E-state index is 4.78. The minimum Gasteiger partial charge on any atom is -0.356 e. The first-order chi connectivity index (χ1) is 14.1. The van der Waals surface area contributed by atoms with Crippen molar-refractivity contribution in [2.75, 3.05) is 18.6 Å². The zero-order valence-electron chi connectivity index (χ0n) is 18.2. The van der Waals surface area contributed by atoms with E-state index in [0.29, 0.717) is 6.54 Å². The predicted molar refractivity (Wildman–Crippen MR) is 123 cm³/mol. The van der Waals surface area contributed by atoms with E-state index >= 15 is 0 Å². The van der Waals surface area contributed by atoms with Crippen molar-refractivity contribution in [1.29, 1.82) is 0 Å². The molecule has 0 radical (unpaired) electrons. The van der Waals surface area contributed by atoms with Crippen LogP contribution in [0.1, 0.15) is 60.6 Å². The Hall–Kier alpha value is -2.02. The van der Waals surface area contributed by atoms with Crippen LogP contribution in [0.15, 0.2) is 23.2 Å². The van der Waals surface area contributed by atoms with Crippen molar-refractivity contribution >= 4 is 17.7 Å². The average Bonchev–Trinajstić information content (AvgIpc) is 3.06. The molecule has 1 unspecified atom stereocenters. The highest BCUT2D eigenvalue weighted by Crippen LogP contribution is 2.24. The fourth-order valence-electron chi connectivity index (χ4n) is 3.63. The number of rotatable bonds is 8. The highest BCUT2D eigenvalue weighted by Gasteiger charge is 2.14. The summed E-state index contributed by atoms with van der Waals surface area (Å²) in [4.78, 5) is 4.78. The van der Waals surface area contributed by atoms with Crippen molar-refractivity contribution in [3.63, 3.8) is 0 Å². The van der Waals surface area contributed by atoms with Crippen molar-refractivity contribution in [2.45, 2.75) is 58.5 Å². The van der Waals surface area contributed by atoms with Crippen LogP contribution >= 0.6 is 11.8 Å². The van der Waals surface area contributed by atoms with Gasteiger partial charge >= 0.3 is 0 Å². The molecule has 6 nitrogen and oxygen atoms in total. The Kier molecular flexibility index (Phi) is 7.98. The molecule has 158 valence electrons.